The fourth-order valence-corrected chi connectivity index (χ4v) is 1.70. The molecule has 1 aliphatic carbocycles. The van der Waals surface area contributed by atoms with E-state index in [1.54, 1.807) is 0 Å². The molecular formula is C9H10F3N3O2. The van der Waals surface area contributed by atoms with Gasteiger partial charge in [-0.05, 0) is 12.8 Å². The van der Waals surface area contributed by atoms with E-state index in [1.165, 1.54) is 17.1 Å². The summed E-state index contributed by atoms with van der Waals surface area (Å²) < 4.78 is 40.9. The van der Waals surface area contributed by atoms with Crippen molar-refractivity contribution in [2.75, 3.05) is 0 Å². The highest BCUT2D eigenvalue weighted by Crippen LogP contribution is 2.37. The molecule has 5 nitrogen and oxygen atoms in total. The van der Waals surface area contributed by atoms with Gasteiger partial charge in [0, 0.05) is 6.20 Å². The van der Waals surface area contributed by atoms with Crippen LogP contribution in [0.1, 0.15) is 29.2 Å². The van der Waals surface area contributed by atoms with E-state index in [9.17, 15) is 18.0 Å². The average Bonchev–Trinajstić information content (AvgIpc) is 2.57. The molecule has 1 heterocycles. The van der Waals surface area contributed by atoms with E-state index in [0.717, 1.165) is 0 Å². The van der Waals surface area contributed by atoms with Gasteiger partial charge in [0.05, 0.1) is 23.9 Å². The lowest BCUT2D eigenvalue weighted by atomic mass is 9.89. The molecule has 8 heteroatoms. The van der Waals surface area contributed by atoms with Gasteiger partial charge in [-0.1, -0.05) is 0 Å². The molecule has 17 heavy (non-hydrogen) atoms. The van der Waals surface area contributed by atoms with Crippen LogP contribution in [0.2, 0.25) is 0 Å². The van der Waals surface area contributed by atoms with Crippen LogP contribution in [0.3, 0.4) is 0 Å². The molecule has 0 bridgehead atoms. The van der Waals surface area contributed by atoms with Crippen LogP contribution in [0.4, 0.5) is 13.2 Å². The molecule has 0 aliphatic heterocycles. The lowest BCUT2D eigenvalue weighted by Crippen LogP contribution is -2.37. The van der Waals surface area contributed by atoms with Crippen LogP contribution in [0.5, 0.6) is 0 Å². The Bertz CT molecular complexity index is 423. The maximum Gasteiger partial charge on any atom is 0.522 e. The van der Waals surface area contributed by atoms with Crippen LogP contribution in [-0.4, -0.2) is 28.2 Å². The predicted molar refractivity (Wildman–Crippen MR) is 49.9 cm³/mol. The summed E-state index contributed by atoms with van der Waals surface area (Å²) in [6.45, 7) is 0. The van der Waals surface area contributed by atoms with Gasteiger partial charge in [0.1, 0.15) is 0 Å². The van der Waals surface area contributed by atoms with Crippen molar-refractivity contribution in [1.29, 1.82) is 0 Å². The number of alkyl halides is 3. The van der Waals surface area contributed by atoms with Gasteiger partial charge in [-0.25, -0.2) is 0 Å². The van der Waals surface area contributed by atoms with E-state index in [4.69, 9.17) is 5.73 Å². The van der Waals surface area contributed by atoms with Gasteiger partial charge in [-0.2, -0.15) is 5.10 Å². The van der Waals surface area contributed by atoms with Crippen molar-refractivity contribution < 1.29 is 22.7 Å². The minimum absolute atomic E-state index is 0.171. The number of rotatable bonds is 3. The number of halogens is 3. The first-order chi connectivity index (χ1) is 7.85. The molecule has 0 atom stereocenters. The molecular weight excluding hydrogens is 239 g/mol. The molecule has 1 amide bonds. The summed E-state index contributed by atoms with van der Waals surface area (Å²) in [6.07, 6.45) is -2.27. The number of carbonyl (C=O) groups excluding carboxylic acids is 1. The van der Waals surface area contributed by atoms with Crippen LogP contribution >= 0.6 is 0 Å². The van der Waals surface area contributed by atoms with Crippen molar-refractivity contribution >= 4 is 5.91 Å². The van der Waals surface area contributed by atoms with Gasteiger partial charge in [0.15, 0.2) is 0 Å². The van der Waals surface area contributed by atoms with Gasteiger partial charge in [-0.15, -0.1) is 13.2 Å². The molecule has 1 fully saturated rings. The van der Waals surface area contributed by atoms with E-state index in [2.05, 4.69) is 9.84 Å². The average molecular weight is 249 g/mol. The number of hydrogen-bond donors (Lipinski definition) is 1. The van der Waals surface area contributed by atoms with Crippen molar-refractivity contribution in [2.45, 2.75) is 31.3 Å². The molecule has 2 rings (SSSR count). The Morgan fingerprint density at radius 2 is 2.18 bits per heavy atom. The Morgan fingerprint density at radius 3 is 2.65 bits per heavy atom. The normalized spacial score (nSPS) is 24.4. The molecule has 0 aromatic carbocycles. The number of carbonyl (C=O) groups is 1. The fraction of sp³-hybridized carbons (Fsp3) is 0.556. The summed E-state index contributed by atoms with van der Waals surface area (Å²) in [6, 6.07) is -0.171. The third kappa shape index (κ3) is 2.76. The summed E-state index contributed by atoms with van der Waals surface area (Å²) >= 11 is 0. The summed E-state index contributed by atoms with van der Waals surface area (Å²) in [5.41, 5.74) is 5.27. The van der Waals surface area contributed by atoms with E-state index < -0.39 is 18.4 Å². The maximum atomic E-state index is 11.9. The van der Waals surface area contributed by atoms with Crippen LogP contribution in [0.15, 0.2) is 12.4 Å². The van der Waals surface area contributed by atoms with Crippen LogP contribution < -0.4 is 5.73 Å². The van der Waals surface area contributed by atoms with E-state index in [1.807, 2.05) is 0 Å². The minimum Gasteiger partial charge on any atom is -0.366 e. The first-order valence-electron chi connectivity index (χ1n) is 4.93. The van der Waals surface area contributed by atoms with Gasteiger partial charge < -0.3 is 5.73 Å². The zero-order chi connectivity index (χ0) is 12.6. The Balaban J connectivity index is 1.89. The molecule has 0 saturated heterocycles. The predicted octanol–water partition coefficient (Wildman–Crippen LogP) is 1.22. The highest BCUT2D eigenvalue weighted by Gasteiger charge is 2.41. The number of aromatic nitrogens is 2. The summed E-state index contributed by atoms with van der Waals surface area (Å²) in [5.74, 6) is -0.612. The second-order valence-electron chi connectivity index (χ2n) is 3.88. The monoisotopic (exact) mass is 249 g/mol. The van der Waals surface area contributed by atoms with Crippen molar-refractivity contribution in [3.05, 3.63) is 18.0 Å². The minimum atomic E-state index is -4.60. The molecule has 1 aliphatic rings. The number of nitrogens with two attached hydrogens (primary N) is 1. The SMILES string of the molecule is NC(=O)c1cnn(C2CC(OC(F)(F)F)C2)c1. The number of amides is 1. The molecule has 1 aromatic rings. The molecule has 2 N–H and O–H groups in total. The first-order valence-corrected chi connectivity index (χ1v) is 4.93. The molecule has 1 aromatic heterocycles. The topological polar surface area (TPSA) is 70.1 Å². The quantitative estimate of drug-likeness (QED) is 0.875. The van der Waals surface area contributed by atoms with Gasteiger partial charge >= 0.3 is 6.36 Å². The molecule has 0 unspecified atom stereocenters. The zero-order valence-electron chi connectivity index (χ0n) is 8.65. The highest BCUT2D eigenvalue weighted by molar-refractivity contribution is 5.92. The third-order valence-electron chi connectivity index (χ3n) is 2.63. The maximum absolute atomic E-state index is 11.9. The van der Waals surface area contributed by atoms with Crippen LogP contribution in [0, 0.1) is 0 Å². The lowest BCUT2D eigenvalue weighted by Gasteiger charge is -2.35. The number of hydrogen-bond acceptors (Lipinski definition) is 3. The number of nitrogens with zero attached hydrogens (tertiary/aromatic N) is 2. The van der Waals surface area contributed by atoms with Crippen molar-refractivity contribution in [3.63, 3.8) is 0 Å². The Morgan fingerprint density at radius 1 is 1.53 bits per heavy atom. The van der Waals surface area contributed by atoms with Gasteiger partial charge in [0.2, 0.25) is 0 Å². The summed E-state index contributed by atoms with van der Waals surface area (Å²) in [4.78, 5) is 10.8. The number of primary amides is 1. The highest BCUT2D eigenvalue weighted by atomic mass is 19.4. The Labute approximate surface area is 94.3 Å². The number of ether oxygens (including phenoxy) is 1. The Hall–Kier alpha value is -1.57. The van der Waals surface area contributed by atoms with Crippen LogP contribution in [-0.2, 0) is 4.74 Å². The summed E-state index contributed by atoms with van der Waals surface area (Å²) in [7, 11) is 0. The first kappa shape index (κ1) is 11.9. The molecule has 0 spiro atoms. The molecule has 0 radical (unpaired) electrons. The smallest absolute Gasteiger partial charge is 0.366 e. The standard InChI is InChI=1S/C9H10F3N3O2/c10-9(11,12)17-7-1-6(2-7)15-4-5(3-14-15)8(13)16/h3-4,6-7H,1-2H2,(H2,13,16). The second kappa shape index (κ2) is 4.02. The third-order valence-corrected chi connectivity index (χ3v) is 2.63. The van der Waals surface area contributed by atoms with Gasteiger partial charge in [-0.3, -0.25) is 14.2 Å². The zero-order valence-corrected chi connectivity index (χ0v) is 8.65. The fourth-order valence-electron chi connectivity index (χ4n) is 1.70. The lowest BCUT2D eigenvalue weighted by molar-refractivity contribution is -0.353. The van der Waals surface area contributed by atoms with Crippen LogP contribution in [0.25, 0.3) is 0 Å². The second-order valence-corrected chi connectivity index (χ2v) is 3.88. The summed E-state index contributed by atoms with van der Waals surface area (Å²) in [5, 5.41) is 3.87. The van der Waals surface area contributed by atoms with Crippen molar-refractivity contribution in [3.8, 4) is 0 Å². The van der Waals surface area contributed by atoms with Crippen molar-refractivity contribution in [2.24, 2.45) is 5.73 Å². The molecule has 94 valence electrons. The van der Waals surface area contributed by atoms with Gasteiger partial charge in [0.25, 0.3) is 5.91 Å². The largest absolute Gasteiger partial charge is 0.522 e. The van der Waals surface area contributed by atoms with E-state index in [-0.39, 0.29) is 24.4 Å². The molecule has 1 saturated carbocycles. The van der Waals surface area contributed by atoms with Crippen molar-refractivity contribution in [1.82, 2.24) is 9.78 Å². The Kier molecular flexibility index (Phi) is 2.82. The van der Waals surface area contributed by atoms with E-state index in [0.29, 0.717) is 0 Å². The van der Waals surface area contributed by atoms with E-state index >= 15 is 0 Å².